The Bertz CT molecular complexity index is 472. The van der Waals surface area contributed by atoms with E-state index in [0.29, 0.717) is 5.92 Å². The standard InChI is InChI=1S/C16H21NO2/c1-19-16(18)15-8-4-5-9-17(15)11-13-10-12-6-2-3-7-14(12)13/h2-3,6-7,13,15H,4-5,8-11H2,1H3/t13?,15-/m1/s1. The van der Waals surface area contributed by atoms with Gasteiger partial charge in [0, 0.05) is 12.5 Å². The quantitative estimate of drug-likeness (QED) is 0.780. The van der Waals surface area contributed by atoms with Gasteiger partial charge in [0.15, 0.2) is 0 Å². The molecule has 1 saturated heterocycles. The minimum atomic E-state index is -0.0627. The highest BCUT2D eigenvalue weighted by Gasteiger charge is 2.34. The van der Waals surface area contributed by atoms with E-state index in [0.717, 1.165) is 32.4 Å². The molecule has 1 fully saturated rings. The van der Waals surface area contributed by atoms with Crippen LogP contribution in [0.4, 0.5) is 0 Å². The van der Waals surface area contributed by atoms with Gasteiger partial charge in [-0.3, -0.25) is 9.69 Å². The van der Waals surface area contributed by atoms with E-state index in [-0.39, 0.29) is 12.0 Å². The number of benzene rings is 1. The van der Waals surface area contributed by atoms with Crippen molar-refractivity contribution in [2.75, 3.05) is 20.2 Å². The molecular weight excluding hydrogens is 238 g/mol. The van der Waals surface area contributed by atoms with Crippen LogP contribution in [0.2, 0.25) is 0 Å². The van der Waals surface area contributed by atoms with Gasteiger partial charge < -0.3 is 4.74 Å². The van der Waals surface area contributed by atoms with Crippen molar-refractivity contribution in [3.8, 4) is 0 Å². The summed E-state index contributed by atoms with van der Waals surface area (Å²) in [5.74, 6) is 0.536. The van der Waals surface area contributed by atoms with Crippen molar-refractivity contribution < 1.29 is 9.53 Å². The largest absolute Gasteiger partial charge is 0.468 e. The molecule has 0 radical (unpaired) electrons. The number of methoxy groups -OCH3 is 1. The van der Waals surface area contributed by atoms with E-state index >= 15 is 0 Å². The first-order valence-corrected chi connectivity index (χ1v) is 7.19. The van der Waals surface area contributed by atoms with Gasteiger partial charge in [0.05, 0.1) is 7.11 Å². The molecule has 0 spiro atoms. The van der Waals surface area contributed by atoms with Gasteiger partial charge in [0.25, 0.3) is 0 Å². The Morgan fingerprint density at radius 3 is 3.00 bits per heavy atom. The average Bonchev–Trinajstić information content (AvgIpc) is 2.44. The topological polar surface area (TPSA) is 29.5 Å². The first-order chi connectivity index (χ1) is 9.29. The van der Waals surface area contributed by atoms with Crippen LogP contribution in [-0.2, 0) is 16.0 Å². The molecule has 3 nitrogen and oxygen atoms in total. The number of carbonyl (C=O) groups is 1. The number of carbonyl (C=O) groups excluding carboxylic acids is 1. The fourth-order valence-corrected chi connectivity index (χ4v) is 3.42. The lowest BCUT2D eigenvalue weighted by Crippen LogP contribution is -2.48. The predicted molar refractivity (Wildman–Crippen MR) is 74.1 cm³/mol. The Morgan fingerprint density at radius 1 is 1.37 bits per heavy atom. The molecule has 102 valence electrons. The Balaban J connectivity index is 1.67. The lowest BCUT2D eigenvalue weighted by Gasteiger charge is -2.39. The molecule has 0 aromatic heterocycles. The van der Waals surface area contributed by atoms with Crippen LogP contribution >= 0.6 is 0 Å². The second-order valence-corrected chi connectivity index (χ2v) is 5.63. The number of nitrogens with zero attached hydrogens (tertiary/aromatic N) is 1. The third-order valence-electron chi connectivity index (χ3n) is 4.50. The van der Waals surface area contributed by atoms with Crippen LogP contribution in [0, 0.1) is 0 Å². The molecule has 2 aliphatic rings. The zero-order valence-electron chi connectivity index (χ0n) is 11.5. The van der Waals surface area contributed by atoms with E-state index in [1.807, 2.05) is 0 Å². The molecule has 0 bridgehead atoms. The van der Waals surface area contributed by atoms with Crippen molar-refractivity contribution in [2.24, 2.45) is 0 Å². The van der Waals surface area contributed by atoms with Crippen LogP contribution in [0.5, 0.6) is 0 Å². The number of esters is 1. The number of ether oxygens (including phenoxy) is 1. The molecule has 0 N–H and O–H groups in total. The zero-order chi connectivity index (χ0) is 13.2. The molecule has 1 aliphatic carbocycles. The Kier molecular flexibility index (Phi) is 3.56. The van der Waals surface area contributed by atoms with E-state index in [1.165, 1.54) is 24.7 Å². The molecule has 0 saturated carbocycles. The van der Waals surface area contributed by atoms with Gasteiger partial charge in [-0.2, -0.15) is 0 Å². The van der Waals surface area contributed by atoms with E-state index in [9.17, 15) is 4.79 Å². The highest BCUT2D eigenvalue weighted by atomic mass is 16.5. The lowest BCUT2D eigenvalue weighted by atomic mass is 9.77. The summed E-state index contributed by atoms with van der Waals surface area (Å²) in [6.07, 6.45) is 4.43. The predicted octanol–water partition coefficient (Wildman–Crippen LogP) is 2.35. The summed E-state index contributed by atoms with van der Waals surface area (Å²) in [6.45, 7) is 2.02. The molecule has 1 aliphatic heterocycles. The highest BCUT2D eigenvalue weighted by Crippen LogP contribution is 2.36. The lowest BCUT2D eigenvalue weighted by molar-refractivity contribution is -0.148. The molecule has 1 aromatic rings. The number of hydrogen-bond acceptors (Lipinski definition) is 3. The molecule has 3 rings (SSSR count). The molecule has 1 unspecified atom stereocenters. The van der Waals surface area contributed by atoms with Crippen molar-refractivity contribution in [2.45, 2.75) is 37.6 Å². The van der Waals surface area contributed by atoms with Crippen LogP contribution in [0.15, 0.2) is 24.3 Å². The van der Waals surface area contributed by atoms with Crippen LogP contribution in [0.1, 0.15) is 36.3 Å². The fourth-order valence-electron chi connectivity index (χ4n) is 3.42. The fraction of sp³-hybridized carbons (Fsp3) is 0.562. The second-order valence-electron chi connectivity index (χ2n) is 5.63. The third kappa shape index (κ3) is 2.39. The molecular formula is C16H21NO2. The summed E-state index contributed by atoms with van der Waals surface area (Å²) in [6, 6.07) is 8.62. The van der Waals surface area contributed by atoms with Crippen LogP contribution in [-0.4, -0.2) is 37.1 Å². The van der Waals surface area contributed by atoms with Crippen molar-refractivity contribution in [1.29, 1.82) is 0 Å². The number of likely N-dealkylation sites (tertiary alicyclic amines) is 1. The van der Waals surface area contributed by atoms with E-state index < -0.39 is 0 Å². The summed E-state index contributed by atoms with van der Waals surface area (Å²) < 4.78 is 4.94. The SMILES string of the molecule is COC(=O)[C@H]1CCCCN1CC1Cc2ccccc21. The third-order valence-corrected chi connectivity index (χ3v) is 4.50. The maximum atomic E-state index is 11.8. The summed E-state index contributed by atoms with van der Waals surface area (Å²) in [4.78, 5) is 14.2. The molecule has 1 aromatic carbocycles. The molecule has 19 heavy (non-hydrogen) atoms. The van der Waals surface area contributed by atoms with Crippen molar-refractivity contribution in [3.63, 3.8) is 0 Å². The van der Waals surface area contributed by atoms with Gasteiger partial charge in [0.2, 0.25) is 0 Å². The zero-order valence-corrected chi connectivity index (χ0v) is 11.5. The Morgan fingerprint density at radius 2 is 2.21 bits per heavy atom. The van der Waals surface area contributed by atoms with Gasteiger partial charge >= 0.3 is 5.97 Å². The van der Waals surface area contributed by atoms with Gasteiger partial charge in [0.1, 0.15) is 6.04 Å². The van der Waals surface area contributed by atoms with E-state index in [2.05, 4.69) is 29.2 Å². The number of rotatable bonds is 3. The number of piperidine rings is 1. The van der Waals surface area contributed by atoms with Crippen molar-refractivity contribution >= 4 is 5.97 Å². The summed E-state index contributed by atoms with van der Waals surface area (Å²) >= 11 is 0. The maximum absolute atomic E-state index is 11.8. The van der Waals surface area contributed by atoms with Crippen LogP contribution in [0.3, 0.4) is 0 Å². The van der Waals surface area contributed by atoms with Crippen LogP contribution in [0.25, 0.3) is 0 Å². The first kappa shape index (κ1) is 12.7. The minimum Gasteiger partial charge on any atom is -0.468 e. The maximum Gasteiger partial charge on any atom is 0.323 e. The summed E-state index contributed by atoms with van der Waals surface area (Å²) in [7, 11) is 1.49. The van der Waals surface area contributed by atoms with Crippen molar-refractivity contribution in [1.82, 2.24) is 4.90 Å². The number of hydrogen-bond donors (Lipinski definition) is 0. The molecule has 0 amide bonds. The molecule has 2 atom stereocenters. The minimum absolute atomic E-state index is 0.0217. The van der Waals surface area contributed by atoms with Gasteiger partial charge in [-0.1, -0.05) is 30.7 Å². The summed E-state index contributed by atoms with van der Waals surface area (Å²) in [5, 5.41) is 0. The van der Waals surface area contributed by atoms with Crippen LogP contribution < -0.4 is 0 Å². The average molecular weight is 259 g/mol. The summed E-state index contributed by atoms with van der Waals surface area (Å²) in [5.41, 5.74) is 2.94. The van der Waals surface area contributed by atoms with E-state index in [4.69, 9.17) is 4.74 Å². The first-order valence-electron chi connectivity index (χ1n) is 7.19. The van der Waals surface area contributed by atoms with Crippen molar-refractivity contribution in [3.05, 3.63) is 35.4 Å². The number of fused-ring (bicyclic) bond motifs is 1. The second kappa shape index (κ2) is 5.33. The van der Waals surface area contributed by atoms with E-state index in [1.54, 1.807) is 0 Å². The molecule has 3 heteroatoms. The molecule has 1 heterocycles. The van der Waals surface area contributed by atoms with Gasteiger partial charge in [-0.25, -0.2) is 0 Å². The van der Waals surface area contributed by atoms with Gasteiger partial charge in [-0.05, 0) is 36.9 Å². The highest BCUT2D eigenvalue weighted by molar-refractivity contribution is 5.75. The normalized spacial score (nSPS) is 26.4. The Labute approximate surface area is 114 Å². The Hall–Kier alpha value is -1.35. The van der Waals surface area contributed by atoms with Gasteiger partial charge in [-0.15, -0.1) is 0 Å². The smallest absolute Gasteiger partial charge is 0.323 e. The monoisotopic (exact) mass is 259 g/mol.